The molecule has 1 unspecified atom stereocenters. The van der Waals surface area contributed by atoms with E-state index >= 15 is 0 Å². The van der Waals surface area contributed by atoms with Crippen molar-refractivity contribution in [2.75, 3.05) is 34.4 Å². The number of benzene rings is 1. The minimum atomic E-state index is 0.0631. The number of nitrogens with one attached hydrogen (secondary N) is 2. The summed E-state index contributed by atoms with van der Waals surface area (Å²) in [5, 5.41) is 3.57. The zero-order chi connectivity index (χ0) is 22.7. The van der Waals surface area contributed by atoms with Gasteiger partial charge in [-0.05, 0) is 43.5 Å². The number of methoxy groups -OCH3 is 3. The molecule has 3 heterocycles. The van der Waals surface area contributed by atoms with Crippen molar-refractivity contribution in [1.82, 2.24) is 20.3 Å². The number of hydrogen-bond donors (Lipinski definition) is 2. The maximum Gasteiger partial charge on any atom is 0.203 e. The Morgan fingerprint density at radius 3 is 2.50 bits per heavy atom. The molecule has 0 amide bonds. The minimum absolute atomic E-state index is 0.0631. The fraction of sp³-hybridized carbons (Fsp3) is 0.440. The van der Waals surface area contributed by atoms with E-state index in [9.17, 15) is 0 Å². The van der Waals surface area contributed by atoms with Crippen molar-refractivity contribution < 1.29 is 14.2 Å². The highest BCUT2D eigenvalue weighted by Crippen LogP contribution is 2.43. The van der Waals surface area contributed by atoms with Crippen LogP contribution in [0, 0.1) is 5.41 Å². The first kappa shape index (κ1) is 22.1. The average molecular weight is 437 g/mol. The van der Waals surface area contributed by atoms with Crippen LogP contribution >= 0.6 is 0 Å². The number of hydrogen-bond acceptors (Lipinski definition) is 6. The van der Waals surface area contributed by atoms with Gasteiger partial charge in [0, 0.05) is 29.3 Å². The zero-order valence-electron chi connectivity index (χ0n) is 19.5. The van der Waals surface area contributed by atoms with Crippen molar-refractivity contribution in [2.24, 2.45) is 5.41 Å². The molecule has 0 bridgehead atoms. The Morgan fingerprint density at radius 2 is 1.91 bits per heavy atom. The van der Waals surface area contributed by atoms with Gasteiger partial charge in [0.15, 0.2) is 17.1 Å². The first-order valence-corrected chi connectivity index (χ1v) is 11.1. The maximum absolute atomic E-state index is 5.52. The van der Waals surface area contributed by atoms with Gasteiger partial charge < -0.3 is 24.5 Å². The molecule has 1 fully saturated rings. The lowest BCUT2D eigenvalue weighted by Gasteiger charge is -2.36. The lowest BCUT2D eigenvalue weighted by atomic mass is 9.73. The molecular weight excluding hydrogens is 404 g/mol. The summed E-state index contributed by atoms with van der Waals surface area (Å²) in [6.07, 6.45) is 9.45. The Bertz CT molecular complexity index is 1100. The molecule has 1 aliphatic heterocycles. The van der Waals surface area contributed by atoms with Crippen LogP contribution in [-0.4, -0.2) is 49.4 Å². The van der Waals surface area contributed by atoms with E-state index in [0.717, 1.165) is 53.9 Å². The summed E-state index contributed by atoms with van der Waals surface area (Å²) < 4.78 is 16.5. The SMILES string of the molecule is CC/C=C(\c1c[nH]c2ncc(-c3cc(OC)c(OC)c(OC)c3)nc12)C1(C)CCCNC1. The molecule has 7 heteroatoms. The summed E-state index contributed by atoms with van der Waals surface area (Å²) in [4.78, 5) is 13.0. The molecule has 1 saturated heterocycles. The molecule has 0 radical (unpaired) electrons. The number of rotatable bonds is 7. The van der Waals surface area contributed by atoms with Gasteiger partial charge >= 0.3 is 0 Å². The second kappa shape index (κ2) is 9.20. The second-order valence-corrected chi connectivity index (χ2v) is 8.44. The van der Waals surface area contributed by atoms with Crippen molar-refractivity contribution in [3.05, 3.63) is 36.2 Å². The summed E-state index contributed by atoms with van der Waals surface area (Å²) in [5.41, 5.74) is 5.78. The highest BCUT2D eigenvalue weighted by Gasteiger charge is 2.33. The number of H-pyrrole nitrogens is 1. The number of allylic oxidation sites excluding steroid dienone is 1. The van der Waals surface area contributed by atoms with Crippen molar-refractivity contribution in [1.29, 1.82) is 0 Å². The van der Waals surface area contributed by atoms with Gasteiger partial charge in [0.25, 0.3) is 0 Å². The van der Waals surface area contributed by atoms with Gasteiger partial charge in [0.05, 0.1) is 33.2 Å². The van der Waals surface area contributed by atoms with E-state index in [1.165, 1.54) is 12.0 Å². The van der Waals surface area contributed by atoms with Gasteiger partial charge in [-0.15, -0.1) is 0 Å². The van der Waals surface area contributed by atoms with E-state index in [-0.39, 0.29) is 5.41 Å². The molecule has 0 saturated carbocycles. The topological polar surface area (TPSA) is 81.3 Å². The number of piperidine rings is 1. The van der Waals surface area contributed by atoms with E-state index < -0.39 is 0 Å². The predicted molar refractivity (Wildman–Crippen MR) is 127 cm³/mol. The van der Waals surface area contributed by atoms with Gasteiger partial charge in [-0.25, -0.2) is 9.97 Å². The lowest BCUT2D eigenvalue weighted by molar-refractivity contribution is 0.319. The molecule has 2 N–H and O–H groups in total. The van der Waals surface area contributed by atoms with E-state index in [1.54, 1.807) is 27.5 Å². The fourth-order valence-corrected chi connectivity index (χ4v) is 4.64. The number of ether oxygens (including phenoxy) is 3. The first-order valence-electron chi connectivity index (χ1n) is 11.1. The number of aromatic amines is 1. The molecule has 7 nitrogen and oxygen atoms in total. The third kappa shape index (κ3) is 3.93. The van der Waals surface area contributed by atoms with Crippen LogP contribution < -0.4 is 19.5 Å². The molecule has 0 aliphatic carbocycles. The van der Waals surface area contributed by atoms with Gasteiger partial charge in [0.2, 0.25) is 5.75 Å². The van der Waals surface area contributed by atoms with Crippen LogP contribution in [0.1, 0.15) is 38.7 Å². The van der Waals surface area contributed by atoms with Crippen LogP contribution in [0.2, 0.25) is 0 Å². The molecule has 32 heavy (non-hydrogen) atoms. The molecule has 1 atom stereocenters. The van der Waals surface area contributed by atoms with E-state index in [0.29, 0.717) is 17.2 Å². The fourth-order valence-electron chi connectivity index (χ4n) is 4.64. The smallest absolute Gasteiger partial charge is 0.203 e. The number of fused-ring (bicyclic) bond motifs is 1. The van der Waals surface area contributed by atoms with Gasteiger partial charge in [-0.2, -0.15) is 0 Å². The standard InChI is InChI=1S/C25H32N4O3/c1-6-8-18(25(2)9-7-10-26-15-25)17-13-27-24-22(17)29-19(14-28-24)16-11-20(30-3)23(32-5)21(12-16)31-4/h8,11-14,26H,6-7,9-10,15H2,1-5H3,(H,27,28)/b18-8+. The summed E-state index contributed by atoms with van der Waals surface area (Å²) in [5.74, 6) is 1.73. The molecular formula is C25H32N4O3. The molecule has 3 aromatic rings. The van der Waals surface area contributed by atoms with Crippen molar-refractivity contribution in [2.45, 2.75) is 33.1 Å². The second-order valence-electron chi connectivity index (χ2n) is 8.44. The first-order chi connectivity index (χ1) is 15.5. The van der Waals surface area contributed by atoms with Gasteiger partial charge in [0.1, 0.15) is 5.52 Å². The number of aromatic nitrogens is 3. The summed E-state index contributed by atoms with van der Waals surface area (Å²) in [7, 11) is 4.82. The van der Waals surface area contributed by atoms with Crippen LogP contribution in [0.3, 0.4) is 0 Å². The molecule has 170 valence electrons. The van der Waals surface area contributed by atoms with Crippen molar-refractivity contribution in [3.8, 4) is 28.5 Å². The molecule has 4 rings (SSSR count). The quantitative estimate of drug-likeness (QED) is 0.552. The molecule has 0 spiro atoms. The van der Waals surface area contributed by atoms with Crippen LogP contribution in [0.4, 0.5) is 0 Å². The highest BCUT2D eigenvalue weighted by molar-refractivity contribution is 5.90. The highest BCUT2D eigenvalue weighted by atomic mass is 16.5. The van der Waals surface area contributed by atoms with Crippen LogP contribution in [0.25, 0.3) is 28.0 Å². The zero-order valence-corrected chi connectivity index (χ0v) is 19.5. The Hall–Kier alpha value is -3.06. The number of nitrogens with zero attached hydrogens (tertiary/aromatic N) is 2. The van der Waals surface area contributed by atoms with Crippen LogP contribution in [-0.2, 0) is 0 Å². The normalized spacial score (nSPS) is 19.2. The van der Waals surface area contributed by atoms with Crippen LogP contribution in [0.5, 0.6) is 17.2 Å². The van der Waals surface area contributed by atoms with Crippen molar-refractivity contribution >= 4 is 16.7 Å². The van der Waals surface area contributed by atoms with E-state index in [1.807, 2.05) is 18.3 Å². The average Bonchev–Trinajstić information content (AvgIpc) is 3.24. The van der Waals surface area contributed by atoms with E-state index in [2.05, 4.69) is 35.2 Å². The molecule has 2 aromatic heterocycles. The summed E-state index contributed by atoms with van der Waals surface area (Å²) in [6, 6.07) is 3.80. The minimum Gasteiger partial charge on any atom is -0.493 e. The largest absolute Gasteiger partial charge is 0.493 e. The Labute approximate surface area is 189 Å². The van der Waals surface area contributed by atoms with Crippen LogP contribution in [0.15, 0.2) is 30.6 Å². The monoisotopic (exact) mass is 436 g/mol. The Kier molecular flexibility index (Phi) is 6.37. The van der Waals surface area contributed by atoms with Gasteiger partial charge in [-0.1, -0.05) is 19.9 Å². The summed E-state index contributed by atoms with van der Waals surface area (Å²) in [6.45, 7) is 6.57. The Balaban J connectivity index is 1.84. The third-order valence-electron chi connectivity index (χ3n) is 6.29. The maximum atomic E-state index is 5.52. The molecule has 1 aliphatic rings. The van der Waals surface area contributed by atoms with Gasteiger partial charge in [-0.3, -0.25) is 0 Å². The van der Waals surface area contributed by atoms with Crippen molar-refractivity contribution in [3.63, 3.8) is 0 Å². The third-order valence-corrected chi connectivity index (χ3v) is 6.29. The summed E-state index contributed by atoms with van der Waals surface area (Å²) >= 11 is 0. The van der Waals surface area contributed by atoms with E-state index in [4.69, 9.17) is 19.2 Å². The predicted octanol–water partition coefficient (Wildman–Crippen LogP) is 4.83. The molecule has 1 aromatic carbocycles. The lowest BCUT2D eigenvalue weighted by Crippen LogP contribution is -2.38. The Morgan fingerprint density at radius 1 is 1.16 bits per heavy atom.